The second-order valence-corrected chi connectivity index (χ2v) is 5.49. The van der Waals surface area contributed by atoms with Gasteiger partial charge in [-0.25, -0.2) is 0 Å². The molecule has 1 aliphatic rings. The molecule has 20 heavy (non-hydrogen) atoms. The van der Waals surface area contributed by atoms with Crippen molar-refractivity contribution in [1.29, 1.82) is 0 Å². The van der Waals surface area contributed by atoms with E-state index in [2.05, 4.69) is 42.1 Å². The lowest BCUT2D eigenvalue weighted by Gasteiger charge is -2.27. The van der Waals surface area contributed by atoms with Gasteiger partial charge < -0.3 is 15.4 Å². The number of rotatable bonds is 7. The molecule has 1 atom stereocenters. The van der Waals surface area contributed by atoms with Gasteiger partial charge >= 0.3 is 0 Å². The van der Waals surface area contributed by atoms with Crippen LogP contribution in [0.5, 0.6) is 0 Å². The average Bonchev–Trinajstić information content (AvgIpc) is 2.81. The normalized spacial score (nSPS) is 15.8. The molecular formula is C16H27N3O. The molecule has 112 valence electrons. The summed E-state index contributed by atoms with van der Waals surface area (Å²) in [6, 6.07) is 7.05. The van der Waals surface area contributed by atoms with Crippen molar-refractivity contribution in [2.24, 2.45) is 5.73 Å². The molecule has 1 unspecified atom stereocenters. The van der Waals surface area contributed by atoms with Crippen molar-refractivity contribution in [3.8, 4) is 0 Å². The highest BCUT2D eigenvalue weighted by Gasteiger charge is 2.20. The van der Waals surface area contributed by atoms with Crippen molar-refractivity contribution < 1.29 is 4.74 Å². The molecule has 4 nitrogen and oxygen atoms in total. The van der Waals surface area contributed by atoms with E-state index in [1.807, 2.05) is 6.92 Å². The van der Waals surface area contributed by atoms with Gasteiger partial charge in [-0.2, -0.15) is 0 Å². The zero-order valence-corrected chi connectivity index (χ0v) is 12.9. The molecule has 0 bridgehead atoms. The van der Waals surface area contributed by atoms with Crippen LogP contribution in [0.1, 0.15) is 24.1 Å². The summed E-state index contributed by atoms with van der Waals surface area (Å²) < 4.78 is 5.43. The fourth-order valence-electron chi connectivity index (χ4n) is 2.87. The van der Waals surface area contributed by atoms with Crippen LogP contribution in [0.25, 0.3) is 0 Å². The number of fused-ring (bicyclic) bond motifs is 1. The van der Waals surface area contributed by atoms with Gasteiger partial charge in [0.2, 0.25) is 0 Å². The van der Waals surface area contributed by atoms with Crippen molar-refractivity contribution in [2.75, 3.05) is 51.8 Å². The Morgan fingerprint density at radius 2 is 2.25 bits per heavy atom. The van der Waals surface area contributed by atoms with Crippen LogP contribution in [0.4, 0.5) is 5.69 Å². The molecule has 2 rings (SSSR count). The van der Waals surface area contributed by atoms with E-state index < -0.39 is 0 Å². The first-order valence-corrected chi connectivity index (χ1v) is 7.49. The predicted molar refractivity (Wildman–Crippen MR) is 84.3 cm³/mol. The van der Waals surface area contributed by atoms with Gasteiger partial charge in [-0.15, -0.1) is 0 Å². The maximum absolute atomic E-state index is 5.99. The van der Waals surface area contributed by atoms with E-state index in [-0.39, 0.29) is 6.04 Å². The van der Waals surface area contributed by atoms with Crippen molar-refractivity contribution in [3.05, 3.63) is 29.3 Å². The van der Waals surface area contributed by atoms with E-state index in [1.165, 1.54) is 16.8 Å². The third-order valence-corrected chi connectivity index (χ3v) is 4.16. The number of benzene rings is 1. The Balaban J connectivity index is 2.07. The summed E-state index contributed by atoms with van der Waals surface area (Å²) in [5, 5.41) is 0. The molecular weight excluding hydrogens is 250 g/mol. The Bertz CT molecular complexity index is 436. The van der Waals surface area contributed by atoms with Crippen LogP contribution >= 0.6 is 0 Å². The summed E-state index contributed by atoms with van der Waals surface area (Å²) in [5.41, 5.74) is 10.1. The molecule has 1 heterocycles. The van der Waals surface area contributed by atoms with Gasteiger partial charge in [0.15, 0.2) is 0 Å². The maximum Gasteiger partial charge on any atom is 0.0593 e. The molecule has 0 saturated carbocycles. The molecule has 1 aromatic rings. The van der Waals surface area contributed by atoms with Gasteiger partial charge in [-0.3, -0.25) is 4.90 Å². The van der Waals surface area contributed by atoms with Gasteiger partial charge in [0.25, 0.3) is 0 Å². The van der Waals surface area contributed by atoms with E-state index >= 15 is 0 Å². The van der Waals surface area contributed by atoms with Crippen LogP contribution in [0.15, 0.2) is 18.2 Å². The van der Waals surface area contributed by atoms with E-state index in [0.29, 0.717) is 6.54 Å². The Kier molecular flexibility index (Phi) is 5.40. The molecule has 0 radical (unpaired) electrons. The zero-order valence-electron chi connectivity index (χ0n) is 12.9. The standard InChI is InChI=1S/C16H27N3O/c1-4-20-10-9-19(3)16(12-17)13-5-6-15-14(11-13)7-8-18(15)2/h5-6,11,16H,4,7-10,12,17H2,1-3H3. The second-order valence-electron chi connectivity index (χ2n) is 5.49. The average molecular weight is 277 g/mol. The summed E-state index contributed by atoms with van der Waals surface area (Å²) in [5.74, 6) is 0. The fraction of sp³-hybridized carbons (Fsp3) is 0.625. The molecule has 0 spiro atoms. The summed E-state index contributed by atoms with van der Waals surface area (Å²) >= 11 is 0. The molecule has 0 fully saturated rings. The van der Waals surface area contributed by atoms with E-state index in [1.54, 1.807) is 0 Å². The highest BCUT2D eigenvalue weighted by Crippen LogP contribution is 2.30. The van der Waals surface area contributed by atoms with Crippen LogP contribution in [0.2, 0.25) is 0 Å². The predicted octanol–water partition coefficient (Wildman–Crippen LogP) is 1.65. The highest BCUT2D eigenvalue weighted by atomic mass is 16.5. The number of likely N-dealkylation sites (N-methyl/N-ethyl adjacent to an activating group) is 2. The van der Waals surface area contributed by atoms with Crippen LogP contribution < -0.4 is 10.6 Å². The Labute approximate surface area is 122 Å². The number of ether oxygens (including phenoxy) is 1. The number of anilines is 1. The molecule has 0 amide bonds. The number of nitrogens with two attached hydrogens (primary N) is 1. The Hall–Kier alpha value is -1.10. The van der Waals surface area contributed by atoms with Gasteiger partial charge in [-0.05, 0) is 37.6 Å². The number of hydrogen-bond donors (Lipinski definition) is 1. The molecule has 1 aliphatic heterocycles. The minimum Gasteiger partial charge on any atom is -0.380 e. The number of nitrogens with zero attached hydrogens (tertiary/aromatic N) is 2. The molecule has 1 aromatic carbocycles. The highest BCUT2D eigenvalue weighted by molar-refractivity contribution is 5.58. The third-order valence-electron chi connectivity index (χ3n) is 4.16. The van der Waals surface area contributed by atoms with E-state index in [4.69, 9.17) is 10.5 Å². The first-order valence-electron chi connectivity index (χ1n) is 7.49. The van der Waals surface area contributed by atoms with Crippen LogP contribution in [0.3, 0.4) is 0 Å². The first kappa shape index (κ1) is 15.3. The minimum atomic E-state index is 0.270. The minimum absolute atomic E-state index is 0.270. The van der Waals surface area contributed by atoms with Crippen molar-refractivity contribution in [2.45, 2.75) is 19.4 Å². The van der Waals surface area contributed by atoms with Gasteiger partial charge in [-0.1, -0.05) is 12.1 Å². The van der Waals surface area contributed by atoms with Crippen LogP contribution in [-0.4, -0.2) is 51.8 Å². The fourth-order valence-corrected chi connectivity index (χ4v) is 2.87. The summed E-state index contributed by atoms with van der Waals surface area (Å²) in [6.45, 7) is 6.22. The quantitative estimate of drug-likeness (QED) is 0.770. The smallest absolute Gasteiger partial charge is 0.0593 e. The third kappa shape index (κ3) is 3.32. The zero-order chi connectivity index (χ0) is 14.5. The van der Waals surface area contributed by atoms with Gasteiger partial charge in [0, 0.05) is 45.0 Å². The van der Waals surface area contributed by atoms with Crippen molar-refractivity contribution in [3.63, 3.8) is 0 Å². The molecule has 0 aromatic heterocycles. The summed E-state index contributed by atoms with van der Waals surface area (Å²) in [7, 11) is 4.27. The monoisotopic (exact) mass is 277 g/mol. The topological polar surface area (TPSA) is 41.7 Å². The van der Waals surface area contributed by atoms with Gasteiger partial charge in [0.1, 0.15) is 0 Å². The number of hydrogen-bond acceptors (Lipinski definition) is 4. The SMILES string of the molecule is CCOCCN(C)C(CN)c1ccc2c(c1)CCN2C. The van der Waals surface area contributed by atoms with Crippen LogP contribution in [-0.2, 0) is 11.2 Å². The molecule has 4 heteroatoms. The lowest BCUT2D eigenvalue weighted by molar-refractivity contribution is 0.108. The molecule has 0 saturated heterocycles. The van der Waals surface area contributed by atoms with E-state index in [9.17, 15) is 0 Å². The van der Waals surface area contributed by atoms with Gasteiger partial charge in [0.05, 0.1) is 6.61 Å². The Morgan fingerprint density at radius 3 is 2.95 bits per heavy atom. The summed E-state index contributed by atoms with van der Waals surface area (Å²) in [6.07, 6.45) is 1.14. The largest absolute Gasteiger partial charge is 0.380 e. The Morgan fingerprint density at radius 1 is 1.45 bits per heavy atom. The van der Waals surface area contributed by atoms with E-state index in [0.717, 1.165) is 32.7 Å². The lowest BCUT2D eigenvalue weighted by atomic mass is 10.0. The summed E-state index contributed by atoms with van der Waals surface area (Å²) in [4.78, 5) is 4.60. The van der Waals surface area contributed by atoms with Crippen molar-refractivity contribution in [1.82, 2.24) is 4.90 Å². The lowest BCUT2D eigenvalue weighted by Crippen LogP contribution is -2.33. The molecule has 2 N–H and O–H groups in total. The maximum atomic E-state index is 5.99. The van der Waals surface area contributed by atoms with Crippen molar-refractivity contribution >= 4 is 5.69 Å². The van der Waals surface area contributed by atoms with Crippen LogP contribution in [0, 0.1) is 0 Å². The first-order chi connectivity index (χ1) is 9.67. The second kappa shape index (κ2) is 7.07. The molecule has 0 aliphatic carbocycles.